The van der Waals surface area contributed by atoms with E-state index in [9.17, 15) is 4.79 Å². The average molecular weight is 436 g/mol. The molecule has 31 heavy (non-hydrogen) atoms. The quantitative estimate of drug-likeness (QED) is 0.623. The molecular formula is C24H26ClN5O. The number of hydrogen-bond acceptors (Lipinski definition) is 4. The largest absolute Gasteiger partial charge is 0.352 e. The third-order valence-electron chi connectivity index (χ3n) is 5.56. The number of halogens is 1. The van der Waals surface area contributed by atoms with Gasteiger partial charge in [-0.25, -0.2) is 4.79 Å². The number of carbonyl (C=O) groups is 1. The third kappa shape index (κ3) is 4.80. The van der Waals surface area contributed by atoms with Crippen molar-refractivity contribution < 1.29 is 4.79 Å². The first-order chi connectivity index (χ1) is 14.9. The highest BCUT2D eigenvalue weighted by Crippen LogP contribution is 2.25. The highest BCUT2D eigenvalue weighted by Gasteiger charge is 2.23. The van der Waals surface area contributed by atoms with Gasteiger partial charge in [-0.3, -0.25) is 0 Å². The van der Waals surface area contributed by atoms with E-state index >= 15 is 0 Å². The predicted molar refractivity (Wildman–Crippen MR) is 126 cm³/mol. The first-order valence-electron chi connectivity index (χ1n) is 10.4. The van der Waals surface area contributed by atoms with Gasteiger partial charge in [0.05, 0.1) is 16.4 Å². The lowest BCUT2D eigenvalue weighted by Gasteiger charge is -2.35. The molecule has 0 radical (unpaired) electrons. The number of piperazine rings is 1. The number of hydrogen-bond donors (Lipinski definition) is 1. The summed E-state index contributed by atoms with van der Waals surface area (Å²) in [6.07, 6.45) is 0. The normalized spacial score (nSPS) is 13.9. The molecule has 160 valence electrons. The molecule has 1 aromatic heterocycles. The van der Waals surface area contributed by atoms with Crippen LogP contribution in [-0.4, -0.2) is 47.3 Å². The maximum atomic E-state index is 12.6. The molecule has 2 aromatic carbocycles. The van der Waals surface area contributed by atoms with Crippen molar-refractivity contribution in [2.75, 3.05) is 36.4 Å². The molecule has 0 unspecified atom stereocenters. The number of carbonyl (C=O) groups excluding carboxylic acids is 1. The molecule has 0 saturated carbocycles. The number of nitrogens with zero attached hydrogens (tertiary/aromatic N) is 4. The summed E-state index contributed by atoms with van der Waals surface area (Å²) in [5, 5.41) is 12.3. The Morgan fingerprint density at radius 2 is 1.61 bits per heavy atom. The van der Waals surface area contributed by atoms with Gasteiger partial charge in [-0.15, -0.1) is 10.2 Å². The standard InChI is InChI=1S/C24H26ClN5O/c1-16-4-6-19(18(3)14-16)21-8-9-23(28-27-21)29-10-12-30(13-11-29)24(31)26-22-15-17(2)5-7-20(22)25/h4-9,14-15H,10-13H2,1-3H3,(H,26,31). The Morgan fingerprint density at radius 3 is 2.29 bits per heavy atom. The second kappa shape index (κ2) is 8.94. The number of nitrogens with one attached hydrogen (secondary N) is 1. The van der Waals surface area contributed by atoms with E-state index in [1.807, 2.05) is 31.2 Å². The number of aromatic nitrogens is 2. The number of urea groups is 1. The molecule has 3 aromatic rings. The Balaban J connectivity index is 1.37. The van der Waals surface area contributed by atoms with Crippen LogP contribution in [0.1, 0.15) is 16.7 Å². The zero-order valence-corrected chi connectivity index (χ0v) is 18.8. The van der Waals surface area contributed by atoms with Crippen molar-refractivity contribution in [3.63, 3.8) is 0 Å². The molecular weight excluding hydrogens is 410 g/mol. The van der Waals surface area contributed by atoms with E-state index in [0.717, 1.165) is 22.6 Å². The van der Waals surface area contributed by atoms with Gasteiger partial charge in [0.2, 0.25) is 0 Å². The predicted octanol–water partition coefficient (Wildman–Crippen LogP) is 5.08. The monoisotopic (exact) mass is 435 g/mol. The van der Waals surface area contributed by atoms with Crippen molar-refractivity contribution in [3.05, 3.63) is 70.2 Å². The van der Waals surface area contributed by atoms with Crippen molar-refractivity contribution in [3.8, 4) is 11.3 Å². The summed E-state index contributed by atoms with van der Waals surface area (Å²) in [7, 11) is 0. The van der Waals surface area contributed by atoms with E-state index in [1.165, 1.54) is 11.1 Å². The molecule has 0 atom stereocenters. The lowest BCUT2D eigenvalue weighted by molar-refractivity contribution is 0.208. The molecule has 1 aliphatic heterocycles. The van der Waals surface area contributed by atoms with E-state index < -0.39 is 0 Å². The second-order valence-electron chi connectivity index (χ2n) is 7.98. The smallest absolute Gasteiger partial charge is 0.322 e. The summed E-state index contributed by atoms with van der Waals surface area (Å²) >= 11 is 6.20. The van der Waals surface area contributed by atoms with Crippen LogP contribution >= 0.6 is 11.6 Å². The van der Waals surface area contributed by atoms with Gasteiger partial charge in [-0.05, 0) is 56.2 Å². The first kappa shape index (κ1) is 21.1. The first-order valence-corrected chi connectivity index (χ1v) is 10.8. The number of anilines is 2. The van der Waals surface area contributed by atoms with Crippen LogP contribution < -0.4 is 10.2 Å². The topological polar surface area (TPSA) is 61.4 Å². The van der Waals surface area contributed by atoms with E-state index in [0.29, 0.717) is 36.9 Å². The molecule has 6 nitrogen and oxygen atoms in total. The maximum absolute atomic E-state index is 12.6. The van der Waals surface area contributed by atoms with Crippen molar-refractivity contribution >= 4 is 29.1 Å². The maximum Gasteiger partial charge on any atom is 0.322 e. The van der Waals surface area contributed by atoms with Crippen molar-refractivity contribution in [1.82, 2.24) is 15.1 Å². The van der Waals surface area contributed by atoms with Crippen LogP contribution in [0.4, 0.5) is 16.3 Å². The summed E-state index contributed by atoms with van der Waals surface area (Å²) in [5.74, 6) is 0.829. The molecule has 1 saturated heterocycles. The van der Waals surface area contributed by atoms with Gasteiger partial charge in [0.15, 0.2) is 5.82 Å². The third-order valence-corrected chi connectivity index (χ3v) is 5.89. The molecule has 1 fully saturated rings. The molecule has 0 spiro atoms. The Labute approximate surface area is 187 Å². The van der Waals surface area contributed by atoms with Crippen molar-refractivity contribution in [2.24, 2.45) is 0 Å². The summed E-state index contributed by atoms with van der Waals surface area (Å²) in [6.45, 7) is 8.76. The van der Waals surface area contributed by atoms with Gasteiger partial charge >= 0.3 is 6.03 Å². The van der Waals surface area contributed by atoms with Gasteiger partial charge in [0.25, 0.3) is 0 Å². The van der Waals surface area contributed by atoms with E-state index in [1.54, 1.807) is 11.0 Å². The Hall–Kier alpha value is -3.12. The molecule has 2 heterocycles. The minimum absolute atomic E-state index is 0.136. The van der Waals surface area contributed by atoms with Gasteiger partial charge in [0, 0.05) is 31.7 Å². The number of benzene rings is 2. The van der Waals surface area contributed by atoms with E-state index in [-0.39, 0.29) is 6.03 Å². The Morgan fingerprint density at radius 1 is 0.903 bits per heavy atom. The summed E-state index contributed by atoms with van der Waals surface area (Å²) in [5.41, 5.74) is 6.08. The number of amides is 2. The Bertz CT molecular complexity index is 1090. The van der Waals surface area contributed by atoms with Crippen molar-refractivity contribution in [2.45, 2.75) is 20.8 Å². The summed E-state index contributed by atoms with van der Waals surface area (Å²) in [6, 6.07) is 15.8. The minimum Gasteiger partial charge on any atom is -0.352 e. The molecule has 2 amide bonds. The highest BCUT2D eigenvalue weighted by atomic mass is 35.5. The zero-order valence-electron chi connectivity index (χ0n) is 18.0. The van der Waals surface area contributed by atoms with Crippen LogP contribution in [0.3, 0.4) is 0 Å². The van der Waals surface area contributed by atoms with Gasteiger partial charge in [-0.1, -0.05) is 41.4 Å². The average Bonchev–Trinajstić information content (AvgIpc) is 2.77. The lowest BCUT2D eigenvalue weighted by atomic mass is 10.0. The summed E-state index contributed by atoms with van der Waals surface area (Å²) < 4.78 is 0. The van der Waals surface area contributed by atoms with Crippen LogP contribution in [-0.2, 0) is 0 Å². The van der Waals surface area contributed by atoms with Crippen LogP contribution in [0.25, 0.3) is 11.3 Å². The van der Waals surface area contributed by atoms with Crippen molar-refractivity contribution in [1.29, 1.82) is 0 Å². The van der Waals surface area contributed by atoms with Gasteiger partial charge in [0.1, 0.15) is 0 Å². The Kier molecular flexibility index (Phi) is 6.09. The fraction of sp³-hybridized carbons (Fsp3) is 0.292. The lowest BCUT2D eigenvalue weighted by Crippen LogP contribution is -2.50. The van der Waals surface area contributed by atoms with Crippen LogP contribution in [0, 0.1) is 20.8 Å². The molecule has 7 heteroatoms. The SMILES string of the molecule is Cc1ccc(-c2ccc(N3CCN(C(=O)Nc4cc(C)ccc4Cl)CC3)nn2)c(C)c1. The summed E-state index contributed by atoms with van der Waals surface area (Å²) in [4.78, 5) is 16.6. The highest BCUT2D eigenvalue weighted by molar-refractivity contribution is 6.33. The molecule has 0 bridgehead atoms. The second-order valence-corrected chi connectivity index (χ2v) is 8.39. The van der Waals surface area contributed by atoms with Gasteiger partial charge < -0.3 is 15.1 Å². The molecule has 1 aliphatic rings. The van der Waals surface area contributed by atoms with Gasteiger partial charge in [-0.2, -0.15) is 0 Å². The fourth-order valence-electron chi connectivity index (χ4n) is 3.81. The van der Waals surface area contributed by atoms with E-state index in [4.69, 9.17) is 11.6 Å². The number of rotatable bonds is 3. The molecule has 1 N–H and O–H groups in total. The molecule has 0 aliphatic carbocycles. The van der Waals surface area contributed by atoms with Crippen LogP contribution in [0.15, 0.2) is 48.5 Å². The minimum atomic E-state index is -0.136. The van der Waals surface area contributed by atoms with Crippen LogP contribution in [0.2, 0.25) is 5.02 Å². The van der Waals surface area contributed by atoms with E-state index in [2.05, 4.69) is 52.5 Å². The zero-order chi connectivity index (χ0) is 22.0. The number of aryl methyl sites for hydroxylation is 3. The fourth-order valence-corrected chi connectivity index (χ4v) is 3.97. The molecule has 4 rings (SSSR count). The van der Waals surface area contributed by atoms with Crippen LogP contribution in [0.5, 0.6) is 0 Å².